The number of fused-ring (bicyclic) bond motifs is 2. The Bertz CT molecular complexity index is 1490. The topological polar surface area (TPSA) is 113 Å². The van der Waals surface area contributed by atoms with Crippen molar-refractivity contribution in [3.05, 3.63) is 53.1 Å². The molecule has 2 aliphatic heterocycles. The summed E-state index contributed by atoms with van der Waals surface area (Å²) in [5.74, 6) is -0.498. The van der Waals surface area contributed by atoms with Gasteiger partial charge in [-0.05, 0) is 72.6 Å². The van der Waals surface area contributed by atoms with Crippen LogP contribution in [0.3, 0.4) is 0 Å². The van der Waals surface area contributed by atoms with E-state index in [-0.39, 0.29) is 56.0 Å². The van der Waals surface area contributed by atoms with Gasteiger partial charge in [0.15, 0.2) is 0 Å². The molecule has 2 bridgehead atoms. The number of benzene rings is 2. The molecular formula is C27H34ClN3O6S2. The van der Waals surface area contributed by atoms with Crippen LogP contribution in [0, 0.1) is 10.8 Å². The summed E-state index contributed by atoms with van der Waals surface area (Å²) < 4.78 is 61.5. The van der Waals surface area contributed by atoms with Crippen LogP contribution in [-0.4, -0.2) is 70.2 Å². The van der Waals surface area contributed by atoms with E-state index >= 15 is 0 Å². The van der Waals surface area contributed by atoms with Gasteiger partial charge in [0.05, 0.1) is 23.1 Å². The molecule has 12 heteroatoms. The Kier molecular flexibility index (Phi) is 7.39. The first-order valence-electron chi connectivity index (χ1n) is 13.0. The van der Waals surface area contributed by atoms with Gasteiger partial charge in [-0.2, -0.15) is 8.61 Å². The first-order valence-corrected chi connectivity index (χ1v) is 16.3. The number of amides is 1. The Balaban J connectivity index is 1.32. The van der Waals surface area contributed by atoms with Gasteiger partial charge in [-0.1, -0.05) is 32.4 Å². The third kappa shape index (κ3) is 5.62. The number of ether oxygens (including phenoxy) is 1. The van der Waals surface area contributed by atoms with Gasteiger partial charge in [-0.15, -0.1) is 0 Å². The van der Waals surface area contributed by atoms with Crippen molar-refractivity contribution in [2.75, 3.05) is 38.2 Å². The lowest BCUT2D eigenvalue weighted by molar-refractivity contribution is 0.0730. The second-order valence-corrected chi connectivity index (χ2v) is 16.1. The molecule has 212 valence electrons. The van der Waals surface area contributed by atoms with Gasteiger partial charge in [0.25, 0.3) is 5.91 Å². The number of nitrogens with zero attached hydrogens (tertiary/aromatic N) is 2. The first kappa shape index (κ1) is 28.5. The lowest BCUT2D eigenvalue weighted by atomic mass is 9.65. The zero-order valence-electron chi connectivity index (χ0n) is 22.3. The summed E-state index contributed by atoms with van der Waals surface area (Å²) in [5, 5.41) is 2.75. The predicted molar refractivity (Wildman–Crippen MR) is 149 cm³/mol. The van der Waals surface area contributed by atoms with E-state index < -0.39 is 26.0 Å². The Morgan fingerprint density at radius 1 is 0.974 bits per heavy atom. The normalized spacial score (nSPS) is 25.9. The molecule has 0 aromatic heterocycles. The highest BCUT2D eigenvalue weighted by atomic mass is 35.5. The lowest BCUT2D eigenvalue weighted by Gasteiger charge is -2.39. The van der Waals surface area contributed by atoms with E-state index in [0.717, 1.165) is 19.3 Å². The van der Waals surface area contributed by atoms with Crippen LogP contribution in [0.1, 0.15) is 50.4 Å². The van der Waals surface area contributed by atoms with Crippen molar-refractivity contribution in [3.8, 4) is 0 Å². The molecule has 0 radical (unpaired) electrons. The zero-order valence-corrected chi connectivity index (χ0v) is 24.7. The summed E-state index contributed by atoms with van der Waals surface area (Å²) in [4.78, 5) is 13.0. The molecule has 0 spiro atoms. The van der Waals surface area contributed by atoms with Crippen LogP contribution in [0.25, 0.3) is 0 Å². The van der Waals surface area contributed by atoms with Crippen LogP contribution in [0.2, 0.25) is 5.02 Å². The van der Waals surface area contributed by atoms with Crippen molar-refractivity contribution >= 4 is 43.2 Å². The van der Waals surface area contributed by atoms with Gasteiger partial charge in [-0.25, -0.2) is 16.8 Å². The number of anilines is 1. The SMILES string of the molecule is CC1(C)C[C@H]2C[C@@](C)(CN2S(=O)(=O)c2ccc(C(=O)Nc3ccc(Cl)c(S(=O)(=O)N4CCOCC4)c3)cc2)C1. The molecule has 39 heavy (non-hydrogen) atoms. The predicted octanol–water partition coefficient (Wildman–Crippen LogP) is 4.20. The van der Waals surface area contributed by atoms with Gasteiger partial charge in [0.1, 0.15) is 4.90 Å². The molecule has 2 saturated heterocycles. The molecular weight excluding hydrogens is 562 g/mol. The van der Waals surface area contributed by atoms with Gasteiger partial charge >= 0.3 is 0 Å². The van der Waals surface area contributed by atoms with E-state index in [1.54, 1.807) is 4.31 Å². The molecule has 1 saturated carbocycles. The maximum absolute atomic E-state index is 13.5. The van der Waals surface area contributed by atoms with Crippen LogP contribution in [-0.2, 0) is 24.8 Å². The highest BCUT2D eigenvalue weighted by Crippen LogP contribution is 2.53. The number of morpholine rings is 1. The smallest absolute Gasteiger partial charge is 0.255 e. The average Bonchev–Trinajstić information content (AvgIpc) is 3.14. The minimum absolute atomic E-state index is 0.0282. The van der Waals surface area contributed by atoms with E-state index in [2.05, 4.69) is 26.1 Å². The second-order valence-electron chi connectivity index (χ2n) is 11.9. The highest BCUT2D eigenvalue weighted by molar-refractivity contribution is 7.89. The molecule has 3 aliphatic rings. The fraction of sp³-hybridized carbons (Fsp3) is 0.519. The largest absolute Gasteiger partial charge is 0.379 e. The van der Waals surface area contributed by atoms with Crippen molar-refractivity contribution in [1.29, 1.82) is 0 Å². The summed E-state index contributed by atoms with van der Waals surface area (Å²) in [5.41, 5.74) is 0.557. The first-order chi connectivity index (χ1) is 18.2. The van der Waals surface area contributed by atoms with Gasteiger partial charge in [0.2, 0.25) is 20.0 Å². The lowest BCUT2D eigenvalue weighted by Crippen LogP contribution is -2.40. The van der Waals surface area contributed by atoms with Gasteiger partial charge < -0.3 is 10.1 Å². The standard InChI is InChI=1S/C27H34ClN3O6S2/c1-26(2)15-21-16-27(3,17-26)18-31(21)38(33,34)22-7-4-19(5-8-22)25(32)29-20-6-9-23(28)24(14-20)39(35,36)30-10-12-37-13-11-30/h4-9,14,21H,10-13,15-18H2,1-3H3,(H,29,32)/t21-,27+/m0/s1. The van der Waals surface area contributed by atoms with Gasteiger partial charge in [-0.3, -0.25) is 4.79 Å². The maximum atomic E-state index is 13.5. The molecule has 1 amide bonds. The summed E-state index contributed by atoms with van der Waals surface area (Å²) in [7, 11) is -7.58. The molecule has 2 aromatic rings. The average molecular weight is 596 g/mol. The van der Waals surface area contributed by atoms with Crippen molar-refractivity contribution in [3.63, 3.8) is 0 Å². The maximum Gasteiger partial charge on any atom is 0.255 e. The number of nitrogens with one attached hydrogen (secondary N) is 1. The van der Waals surface area contributed by atoms with Crippen molar-refractivity contribution in [2.45, 2.75) is 55.9 Å². The molecule has 1 aliphatic carbocycles. The number of rotatable bonds is 6. The van der Waals surface area contributed by atoms with Crippen LogP contribution in [0.5, 0.6) is 0 Å². The van der Waals surface area contributed by atoms with Crippen LogP contribution >= 0.6 is 11.6 Å². The summed E-state index contributed by atoms with van der Waals surface area (Å²) in [6.07, 6.45) is 2.68. The molecule has 1 N–H and O–H groups in total. The van der Waals surface area contributed by atoms with Gasteiger partial charge in [0, 0.05) is 36.9 Å². The van der Waals surface area contributed by atoms with E-state index in [1.807, 2.05) is 0 Å². The Morgan fingerprint density at radius 2 is 1.64 bits per heavy atom. The van der Waals surface area contributed by atoms with Crippen LogP contribution < -0.4 is 5.32 Å². The third-order valence-corrected chi connectivity index (χ3v) is 12.2. The quantitative estimate of drug-likeness (QED) is 0.535. The Morgan fingerprint density at radius 3 is 2.31 bits per heavy atom. The second kappa shape index (κ2) is 10.1. The minimum atomic E-state index is -3.87. The Hall–Kier alpha value is -2.02. The number of sulfonamides is 2. The molecule has 2 aromatic carbocycles. The van der Waals surface area contributed by atoms with Crippen molar-refractivity contribution in [1.82, 2.24) is 8.61 Å². The number of carbonyl (C=O) groups is 1. The minimum Gasteiger partial charge on any atom is -0.379 e. The zero-order chi connectivity index (χ0) is 28.2. The Labute approximate surface area is 235 Å². The highest BCUT2D eigenvalue weighted by Gasteiger charge is 2.53. The number of carbonyl (C=O) groups excluding carboxylic acids is 1. The molecule has 0 unspecified atom stereocenters. The molecule has 2 atom stereocenters. The van der Waals surface area contributed by atoms with Crippen molar-refractivity contribution in [2.24, 2.45) is 10.8 Å². The molecule has 3 fully saturated rings. The van der Waals surface area contributed by atoms with Crippen LogP contribution in [0.4, 0.5) is 5.69 Å². The van der Waals surface area contributed by atoms with E-state index in [1.165, 1.54) is 46.8 Å². The van der Waals surface area contributed by atoms with E-state index in [0.29, 0.717) is 19.8 Å². The van der Waals surface area contributed by atoms with E-state index in [9.17, 15) is 21.6 Å². The molecule has 5 rings (SSSR count). The van der Waals surface area contributed by atoms with Crippen molar-refractivity contribution < 1.29 is 26.4 Å². The summed E-state index contributed by atoms with van der Waals surface area (Å²) in [6, 6.07) is 10.1. The number of halogens is 1. The third-order valence-electron chi connectivity index (χ3n) is 7.87. The van der Waals surface area contributed by atoms with E-state index in [4.69, 9.17) is 16.3 Å². The van der Waals surface area contributed by atoms with Crippen LogP contribution in [0.15, 0.2) is 52.3 Å². The fourth-order valence-electron chi connectivity index (χ4n) is 6.51. The monoisotopic (exact) mass is 595 g/mol. The number of hydrogen-bond acceptors (Lipinski definition) is 6. The summed E-state index contributed by atoms with van der Waals surface area (Å²) in [6.45, 7) is 8.10. The molecule has 9 nitrogen and oxygen atoms in total. The number of hydrogen-bond donors (Lipinski definition) is 1. The summed E-state index contributed by atoms with van der Waals surface area (Å²) >= 11 is 6.21. The molecule has 2 heterocycles. The fourth-order valence-corrected chi connectivity index (χ4v) is 10.2.